The molecule has 1 unspecified atom stereocenters. The molecule has 84 valence electrons. The van der Waals surface area contributed by atoms with Crippen LogP contribution in [0.5, 0.6) is 0 Å². The molecule has 16 heavy (non-hydrogen) atoms. The first kappa shape index (κ1) is 11.0. The zero-order valence-corrected chi connectivity index (χ0v) is 9.75. The number of hydrogen-bond donors (Lipinski definition) is 2. The average Bonchev–Trinajstić information content (AvgIpc) is 2.84. The van der Waals surface area contributed by atoms with Gasteiger partial charge in [-0.05, 0) is 53.8 Å². The molecule has 1 aliphatic rings. The molecule has 1 aliphatic carbocycles. The summed E-state index contributed by atoms with van der Waals surface area (Å²) in [5.41, 5.74) is 10.6. The Labute approximate surface area is 96.1 Å². The van der Waals surface area contributed by atoms with E-state index in [9.17, 15) is 5.11 Å². The lowest BCUT2D eigenvalue weighted by Crippen LogP contribution is -2.19. The lowest BCUT2D eigenvalue weighted by Gasteiger charge is -2.02. The van der Waals surface area contributed by atoms with E-state index in [1.54, 1.807) is 6.08 Å². The number of rotatable bonds is 3. The van der Waals surface area contributed by atoms with Gasteiger partial charge in [-0.1, -0.05) is 19.6 Å². The minimum atomic E-state index is -0.222. The minimum Gasteiger partial charge on any atom is -0.508 e. The van der Waals surface area contributed by atoms with E-state index in [-0.39, 0.29) is 11.3 Å². The van der Waals surface area contributed by atoms with Gasteiger partial charge in [-0.2, -0.15) is 0 Å². The second-order valence-electron chi connectivity index (χ2n) is 4.35. The van der Waals surface area contributed by atoms with Gasteiger partial charge in [0.25, 0.3) is 0 Å². The van der Waals surface area contributed by atoms with Crippen LogP contribution in [0, 0.1) is 6.92 Å². The molecule has 0 saturated heterocycles. The summed E-state index contributed by atoms with van der Waals surface area (Å²) in [5, 5.41) is 9.44. The largest absolute Gasteiger partial charge is 0.508 e. The van der Waals surface area contributed by atoms with Crippen LogP contribution in [0.25, 0.3) is 6.08 Å². The average molecular weight is 215 g/mol. The van der Waals surface area contributed by atoms with Crippen molar-refractivity contribution in [1.29, 1.82) is 0 Å². The smallest absolute Gasteiger partial charge is 0.115 e. The molecule has 0 spiro atoms. The molecule has 3 N–H and O–H groups in total. The fraction of sp³-hybridized carbons (Fsp3) is 0.286. The third-order valence-corrected chi connectivity index (χ3v) is 3.38. The van der Waals surface area contributed by atoms with Crippen molar-refractivity contribution in [3.8, 4) is 0 Å². The first-order valence-electron chi connectivity index (χ1n) is 5.50. The zero-order chi connectivity index (χ0) is 11.9. The summed E-state index contributed by atoms with van der Waals surface area (Å²) in [4.78, 5) is 0. The molecule has 0 amide bonds. The number of aliphatic hydroxyl groups is 1. The summed E-state index contributed by atoms with van der Waals surface area (Å²) in [6, 6.07) is 4.18. The number of fused-ring (bicyclic) bond motifs is 1. The van der Waals surface area contributed by atoms with Crippen molar-refractivity contribution in [1.82, 2.24) is 0 Å². The molecular formula is C14H17NO. The Morgan fingerprint density at radius 3 is 2.69 bits per heavy atom. The number of aliphatic hydroxyl groups excluding tert-OH is 1. The maximum Gasteiger partial charge on any atom is 0.115 e. The quantitative estimate of drug-likeness (QED) is 0.601. The molecule has 1 atom stereocenters. The monoisotopic (exact) mass is 215 g/mol. The van der Waals surface area contributed by atoms with Gasteiger partial charge in [-0.3, -0.25) is 0 Å². The van der Waals surface area contributed by atoms with Gasteiger partial charge in [0, 0.05) is 0 Å². The maximum atomic E-state index is 9.44. The van der Waals surface area contributed by atoms with Gasteiger partial charge in [-0.15, -0.1) is 0 Å². The first-order chi connectivity index (χ1) is 7.52. The predicted molar refractivity (Wildman–Crippen MR) is 67.2 cm³/mol. The normalized spacial score (nSPS) is 22.8. The van der Waals surface area contributed by atoms with Gasteiger partial charge < -0.3 is 10.8 Å². The van der Waals surface area contributed by atoms with Gasteiger partial charge in [0.1, 0.15) is 5.76 Å². The van der Waals surface area contributed by atoms with Gasteiger partial charge >= 0.3 is 0 Å². The van der Waals surface area contributed by atoms with Gasteiger partial charge in [0.2, 0.25) is 0 Å². The van der Waals surface area contributed by atoms with E-state index in [1.807, 2.05) is 6.92 Å². The molecule has 1 aromatic rings. The Balaban J connectivity index is 2.43. The SMILES string of the molecule is C=C/C(O)=C\c1cc2c(cc1C)C2(N)CC. The van der Waals surface area contributed by atoms with Crippen LogP contribution in [-0.4, -0.2) is 5.11 Å². The number of benzene rings is 1. The van der Waals surface area contributed by atoms with Crippen LogP contribution in [0.15, 0.2) is 30.5 Å². The van der Waals surface area contributed by atoms with Crippen molar-refractivity contribution in [2.45, 2.75) is 25.8 Å². The van der Waals surface area contributed by atoms with Crippen molar-refractivity contribution in [2.75, 3.05) is 0 Å². The minimum absolute atomic E-state index is 0.183. The molecule has 2 rings (SSSR count). The topological polar surface area (TPSA) is 46.2 Å². The molecule has 0 saturated carbocycles. The third kappa shape index (κ3) is 1.46. The highest BCUT2D eigenvalue weighted by molar-refractivity contribution is 5.68. The van der Waals surface area contributed by atoms with Crippen molar-refractivity contribution in [3.05, 3.63) is 52.8 Å². The summed E-state index contributed by atoms with van der Waals surface area (Å²) in [7, 11) is 0. The number of aryl methyl sites for hydroxylation is 1. The summed E-state index contributed by atoms with van der Waals surface area (Å²) >= 11 is 0. The Hall–Kier alpha value is -1.54. The number of hydrogen-bond acceptors (Lipinski definition) is 2. The Kier molecular flexibility index (Phi) is 2.39. The zero-order valence-electron chi connectivity index (χ0n) is 9.75. The van der Waals surface area contributed by atoms with Crippen LogP contribution in [0.2, 0.25) is 0 Å². The predicted octanol–water partition coefficient (Wildman–Crippen LogP) is 3.01. The van der Waals surface area contributed by atoms with Crippen molar-refractivity contribution >= 4 is 6.08 Å². The molecule has 0 bridgehead atoms. The Morgan fingerprint density at radius 2 is 2.12 bits per heavy atom. The number of nitrogens with two attached hydrogens (primary N) is 1. The lowest BCUT2D eigenvalue weighted by atomic mass is 10.1. The molecule has 2 heteroatoms. The van der Waals surface area contributed by atoms with Crippen molar-refractivity contribution in [3.63, 3.8) is 0 Å². The van der Waals surface area contributed by atoms with Crippen LogP contribution in [0.1, 0.15) is 35.6 Å². The van der Waals surface area contributed by atoms with E-state index in [2.05, 4.69) is 25.6 Å². The van der Waals surface area contributed by atoms with E-state index < -0.39 is 0 Å². The van der Waals surface area contributed by atoms with Crippen molar-refractivity contribution < 1.29 is 5.11 Å². The fourth-order valence-electron chi connectivity index (χ4n) is 2.12. The van der Waals surface area contributed by atoms with Gasteiger partial charge in [0.05, 0.1) is 5.54 Å². The highest BCUT2D eigenvalue weighted by Crippen LogP contribution is 2.49. The highest BCUT2D eigenvalue weighted by atomic mass is 16.3. The molecule has 0 heterocycles. The molecule has 0 radical (unpaired) electrons. The van der Waals surface area contributed by atoms with Crippen LogP contribution in [0.4, 0.5) is 0 Å². The van der Waals surface area contributed by atoms with E-state index in [0.717, 1.165) is 17.5 Å². The third-order valence-electron chi connectivity index (χ3n) is 3.38. The van der Waals surface area contributed by atoms with E-state index >= 15 is 0 Å². The summed E-state index contributed by atoms with van der Waals surface area (Å²) in [6.07, 6.45) is 4.07. The first-order valence-corrected chi connectivity index (χ1v) is 5.50. The summed E-state index contributed by atoms with van der Waals surface area (Å²) in [5.74, 6) is 0.183. The van der Waals surface area contributed by atoms with Crippen LogP contribution < -0.4 is 5.73 Å². The van der Waals surface area contributed by atoms with E-state index in [0.29, 0.717) is 0 Å². The van der Waals surface area contributed by atoms with Gasteiger partial charge in [-0.25, -0.2) is 0 Å². The fourth-order valence-corrected chi connectivity index (χ4v) is 2.12. The van der Waals surface area contributed by atoms with Crippen LogP contribution in [0.3, 0.4) is 0 Å². The van der Waals surface area contributed by atoms with E-state index in [4.69, 9.17) is 5.73 Å². The Bertz CT molecular complexity index is 488. The highest BCUT2D eigenvalue weighted by Gasteiger charge is 2.45. The molecule has 1 aromatic carbocycles. The second-order valence-corrected chi connectivity index (χ2v) is 4.35. The van der Waals surface area contributed by atoms with Gasteiger partial charge in [0.15, 0.2) is 0 Å². The lowest BCUT2D eigenvalue weighted by molar-refractivity contribution is 0.438. The standard InChI is InChI=1S/C14H17NO/c1-4-11(16)7-10-8-13-12(6-9(10)3)14(13,15)5-2/h4,6-8,16H,1,5,15H2,2-3H3/b11-7+. The molecule has 2 nitrogen and oxygen atoms in total. The summed E-state index contributed by atoms with van der Waals surface area (Å²) in [6.45, 7) is 7.64. The maximum absolute atomic E-state index is 9.44. The van der Waals surface area contributed by atoms with E-state index in [1.165, 1.54) is 17.2 Å². The molecular weight excluding hydrogens is 198 g/mol. The van der Waals surface area contributed by atoms with Crippen LogP contribution in [-0.2, 0) is 5.54 Å². The van der Waals surface area contributed by atoms with Crippen LogP contribution >= 0.6 is 0 Å². The second kappa shape index (κ2) is 3.49. The van der Waals surface area contributed by atoms with Crippen molar-refractivity contribution in [2.24, 2.45) is 5.73 Å². The molecule has 0 aromatic heterocycles. The Morgan fingerprint density at radius 1 is 1.50 bits per heavy atom. The number of allylic oxidation sites excluding steroid dienone is 1. The summed E-state index contributed by atoms with van der Waals surface area (Å²) < 4.78 is 0. The molecule has 0 aliphatic heterocycles. The molecule has 0 fully saturated rings.